The average molecular weight is 195 g/mol. The minimum atomic E-state index is -1.00. The number of amides is 1. The number of aliphatic imine (C=N–C) groups is 1. The van der Waals surface area contributed by atoms with Crippen LogP contribution in [0.15, 0.2) is 23.2 Å². The lowest BCUT2D eigenvalue weighted by Gasteiger charge is -2.04. The van der Waals surface area contributed by atoms with E-state index in [9.17, 15) is 14.0 Å². The van der Waals surface area contributed by atoms with Crippen molar-refractivity contribution in [2.45, 2.75) is 0 Å². The van der Waals surface area contributed by atoms with E-state index in [4.69, 9.17) is 4.74 Å². The maximum atomic E-state index is 13.1. The second-order valence-electron chi connectivity index (χ2n) is 2.33. The van der Waals surface area contributed by atoms with E-state index in [-0.39, 0.29) is 11.3 Å². The van der Waals surface area contributed by atoms with Gasteiger partial charge in [0.05, 0.1) is 7.11 Å². The molecule has 1 rings (SSSR count). The minimum Gasteiger partial charge on any atom is -0.496 e. The second kappa shape index (κ2) is 4.30. The molecule has 1 aromatic carbocycles. The van der Waals surface area contributed by atoms with Gasteiger partial charge < -0.3 is 4.74 Å². The molecule has 1 aromatic rings. The molecule has 0 unspecified atom stereocenters. The molecule has 72 valence electrons. The topological polar surface area (TPSA) is 55.7 Å². The van der Waals surface area contributed by atoms with Crippen LogP contribution in [0, 0.1) is 5.82 Å². The highest BCUT2D eigenvalue weighted by Crippen LogP contribution is 2.21. The predicted octanol–water partition coefficient (Wildman–Crippen LogP) is 1.31. The van der Waals surface area contributed by atoms with Gasteiger partial charge in [0.25, 0.3) is 5.91 Å². The number of hydrogen-bond donors (Lipinski definition) is 0. The highest BCUT2D eigenvalue weighted by atomic mass is 19.1. The van der Waals surface area contributed by atoms with Crippen LogP contribution in [0.1, 0.15) is 10.4 Å². The Bertz CT molecular complexity index is 411. The van der Waals surface area contributed by atoms with Gasteiger partial charge in [0.1, 0.15) is 17.1 Å². The molecule has 0 aliphatic rings. The summed E-state index contributed by atoms with van der Waals surface area (Å²) in [6, 6.07) is 3.86. The van der Waals surface area contributed by atoms with E-state index in [1.54, 1.807) is 0 Å². The molecule has 0 aliphatic heterocycles. The van der Waals surface area contributed by atoms with E-state index in [0.29, 0.717) is 0 Å². The number of ether oxygens (including phenoxy) is 1. The van der Waals surface area contributed by atoms with Crippen LogP contribution in [0.3, 0.4) is 0 Å². The summed E-state index contributed by atoms with van der Waals surface area (Å²) in [6.07, 6.45) is 1.05. The van der Waals surface area contributed by atoms with Crippen molar-refractivity contribution in [3.05, 3.63) is 29.6 Å². The largest absolute Gasteiger partial charge is 0.496 e. The predicted molar refractivity (Wildman–Crippen MR) is 45.4 cm³/mol. The molecule has 0 spiro atoms. The lowest BCUT2D eigenvalue weighted by Crippen LogP contribution is -2.02. The van der Waals surface area contributed by atoms with Gasteiger partial charge in [-0.05, 0) is 12.1 Å². The maximum Gasteiger partial charge on any atom is 0.294 e. The van der Waals surface area contributed by atoms with E-state index in [1.807, 2.05) is 0 Å². The number of methoxy groups -OCH3 is 1. The molecule has 0 saturated heterocycles. The molecule has 0 aliphatic carbocycles. The third-order valence-corrected chi connectivity index (χ3v) is 1.56. The average Bonchev–Trinajstić information content (AvgIpc) is 2.17. The molecule has 0 heterocycles. The van der Waals surface area contributed by atoms with Crippen molar-refractivity contribution in [1.29, 1.82) is 0 Å². The summed E-state index contributed by atoms with van der Waals surface area (Å²) in [4.78, 5) is 23.7. The van der Waals surface area contributed by atoms with Gasteiger partial charge in [-0.1, -0.05) is 6.07 Å². The SMILES string of the molecule is COc1cccc(F)c1C(=O)N=C=O. The van der Waals surface area contributed by atoms with Crippen LogP contribution in [-0.2, 0) is 4.79 Å². The van der Waals surface area contributed by atoms with Crippen molar-refractivity contribution in [1.82, 2.24) is 0 Å². The van der Waals surface area contributed by atoms with Crippen molar-refractivity contribution >= 4 is 12.0 Å². The van der Waals surface area contributed by atoms with E-state index >= 15 is 0 Å². The van der Waals surface area contributed by atoms with Gasteiger partial charge in [-0.25, -0.2) is 9.18 Å². The van der Waals surface area contributed by atoms with Gasteiger partial charge in [-0.15, -0.1) is 4.99 Å². The Morgan fingerprint density at radius 2 is 2.29 bits per heavy atom. The number of carbonyl (C=O) groups is 1. The lowest BCUT2D eigenvalue weighted by molar-refractivity contribution is 0.0996. The van der Waals surface area contributed by atoms with Crippen molar-refractivity contribution < 1.29 is 18.7 Å². The quantitative estimate of drug-likeness (QED) is 0.528. The van der Waals surface area contributed by atoms with Crippen LogP contribution in [0.4, 0.5) is 4.39 Å². The molecule has 14 heavy (non-hydrogen) atoms. The number of isocyanates is 1. The first kappa shape index (κ1) is 10.1. The second-order valence-corrected chi connectivity index (χ2v) is 2.33. The fourth-order valence-electron chi connectivity index (χ4n) is 0.979. The van der Waals surface area contributed by atoms with Crippen LogP contribution < -0.4 is 4.74 Å². The molecular formula is C9H6FNO3. The fraction of sp³-hybridized carbons (Fsp3) is 0.111. The summed E-state index contributed by atoms with van der Waals surface area (Å²) in [7, 11) is 1.29. The molecular weight excluding hydrogens is 189 g/mol. The van der Waals surface area contributed by atoms with Crippen molar-refractivity contribution in [2.75, 3.05) is 7.11 Å². The first-order chi connectivity index (χ1) is 6.70. The summed E-state index contributed by atoms with van der Waals surface area (Å²) in [5.74, 6) is -1.75. The molecule has 1 amide bonds. The lowest BCUT2D eigenvalue weighted by atomic mass is 10.2. The Morgan fingerprint density at radius 3 is 2.86 bits per heavy atom. The molecule has 0 saturated carbocycles. The Labute approximate surface area is 79.0 Å². The number of benzene rings is 1. The summed E-state index contributed by atoms with van der Waals surface area (Å²) >= 11 is 0. The van der Waals surface area contributed by atoms with Crippen LogP contribution in [0.5, 0.6) is 5.75 Å². The van der Waals surface area contributed by atoms with Gasteiger partial charge >= 0.3 is 0 Å². The minimum absolute atomic E-state index is 0.0361. The Balaban J connectivity index is 3.30. The Kier molecular flexibility index (Phi) is 3.09. The summed E-state index contributed by atoms with van der Waals surface area (Å²) in [5.41, 5.74) is -0.363. The normalized spacial score (nSPS) is 9.00. The summed E-state index contributed by atoms with van der Waals surface area (Å²) in [5, 5.41) is 0. The smallest absolute Gasteiger partial charge is 0.294 e. The number of halogens is 1. The van der Waals surface area contributed by atoms with Crippen LogP contribution in [-0.4, -0.2) is 19.1 Å². The zero-order chi connectivity index (χ0) is 10.6. The number of carbonyl (C=O) groups excluding carboxylic acids is 2. The van der Waals surface area contributed by atoms with Crippen LogP contribution in [0.25, 0.3) is 0 Å². The first-order valence-corrected chi connectivity index (χ1v) is 3.65. The van der Waals surface area contributed by atoms with E-state index < -0.39 is 11.7 Å². The number of nitrogens with zero attached hydrogens (tertiary/aromatic N) is 1. The van der Waals surface area contributed by atoms with Crippen molar-refractivity contribution in [2.24, 2.45) is 4.99 Å². The van der Waals surface area contributed by atoms with E-state index in [1.165, 1.54) is 19.2 Å². The number of hydrogen-bond acceptors (Lipinski definition) is 3. The molecule has 0 N–H and O–H groups in total. The molecule has 0 atom stereocenters. The molecule has 4 nitrogen and oxygen atoms in total. The van der Waals surface area contributed by atoms with E-state index in [2.05, 4.69) is 4.99 Å². The monoisotopic (exact) mass is 195 g/mol. The molecule has 5 heteroatoms. The zero-order valence-corrected chi connectivity index (χ0v) is 7.28. The number of rotatable bonds is 2. The Morgan fingerprint density at radius 1 is 1.57 bits per heavy atom. The summed E-state index contributed by atoms with van der Waals surface area (Å²) < 4.78 is 17.9. The highest BCUT2D eigenvalue weighted by molar-refractivity contribution is 6.00. The van der Waals surface area contributed by atoms with Crippen LogP contribution >= 0.6 is 0 Å². The first-order valence-electron chi connectivity index (χ1n) is 3.65. The molecule has 0 bridgehead atoms. The van der Waals surface area contributed by atoms with Crippen molar-refractivity contribution in [3.8, 4) is 5.75 Å². The zero-order valence-electron chi connectivity index (χ0n) is 7.28. The summed E-state index contributed by atoms with van der Waals surface area (Å²) in [6.45, 7) is 0. The van der Waals surface area contributed by atoms with Gasteiger partial charge in [0, 0.05) is 0 Å². The molecule has 0 radical (unpaired) electrons. The van der Waals surface area contributed by atoms with E-state index in [0.717, 1.165) is 12.1 Å². The fourth-order valence-corrected chi connectivity index (χ4v) is 0.979. The third-order valence-electron chi connectivity index (χ3n) is 1.56. The van der Waals surface area contributed by atoms with Gasteiger partial charge in [0.15, 0.2) is 0 Å². The molecule has 0 aromatic heterocycles. The van der Waals surface area contributed by atoms with Gasteiger partial charge in [-0.3, -0.25) is 4.79 Å². The third kappa shape index (κ3) is 1.84. The van der Waals surface area contributed by atoms with Gasteiger partial charge in [0.2, 0.25) is 6.08 Å². The Hall–Kier alpha value is -2.00. The van der Waals surface area contributed by atoms with Gasteiger partial charge in [-0.2, -0.15) is 0 Å². The highest BCUT2D eigenvalue weighted by Gasteiger charge is 2.16. The maximum absolute atomic E-state index is 13.1. The van der Waals surface area contributed by atoms with Crippen molar-refractivity contribution in [3.63, 3.8) is 0 Å². The standard InChI is InChI=1S/C9H6FNO3/c1-14-7-4-2-3-6(10)8(7)9(13)11-5-12/h2-4H,1H3. The van der Waals surface area contributed by atoms with Crippen LogP contribution in [0.2, 0.25) is 0 Å². The molecule has 0 fully saturated rings.